The van der Waals surface area contributed by atoms with E-state index in [4.69, 9.17) is 5.11 Å². The molecule has 110 valence electrons. The van der Waals surface area contributed by atoms with Crippen LogP contribution in [-0.4, -0.2) is 35.6 Å². The van der Waals surface area contributed by atoms with Crippen molar-refractivity contribution in [1.29, 1.82) is 0 Å². The van der Waals surface area contributed by atoms with Crippen molar-refractivity contribution < 1.29 is 9.90 Å². The smallest absolute Gasteiger partial charge is 0.303 e. The van der Waals surface area contributed by atoms with Crippen molar-refractivity contribution in [1.82, 2.24) is 4.90 Å². The molecule has 19 heavy (non-hydrogen) atoms. The van der Waals surface area contributed by atoms with Gasteiger partial charge in [0.25, 0.3) is 0 Å². The van der Waals surface area contributed by atoms with Gasteiger partial charge in [0.05, 0.1) is 0 Å². The van der Waals surface area contributed by atoms with Gasteiger partial charge >= 0.3 is 5.97 Å². The number of nitrogens with zero attached hydrogens (tertiary/aromatic N) is 1. The van der Waals surface area contributed by atoms with Gasteiger partial charge in [-0.3, -0.25) is 4.79 Å². The Hall–Kier alpha value is -0.830. The lowest BCUT2D eigenvalue weighted by Crippen LogP contribution is -2.38. The van der Waals surface area contributed by atoms with Crippen LogP contribution < -0.4 is 0 Å². The van der Waals surface area contributed by atoms with Gasteiger partial charge in [0, 0.05) is 13.0 Å². The normalized spacial score (nSPS) is 22.1. The van der Waals surface area contributed by atoms with E-state index in [1.165, 1.54) is 45.2 Å². The summed E-state index contributed by atoms with van der Waals surface area (Å²) in [7, 11) is 0. The minimum Gasteiger partial charge on any atom is -0.481 e. The number of carbonyl (C=O) groups is 1. The molecule has 1 rings (SSSR count). The molecule has 0 aromatic carbocycles. The van der Waals surface area contributed by atoms with Crippen molar-refractivity contribution in [2.24, 2.45) is 11.8 Å². The number of hydrogen-bond donors (Lipinski definition) is 1. The van der Waals surface area contributed by atoms with Gasteiger partial charge in [-0.05, 0) is 57.0 Å². The monoisotopic (exact) mass is 267 g/mol. The minimum absolute atomic E-state index is 0.307. The summed E-state index contributed by atoms with van der Waals surface area (Å²) in [5.41, 5.74) is 0. The molecule has 0 bridgehead atoms. The first kappa shape index (κ1) is 16.2. The summed E-state index contributed by atoms with van der Waals surface area (Å²) in [6.45, 7) is 9.29. The van der Waals surface area contributed by atoms with Gasteiger partial charge in [0.2, 0.25) is 0 Å². The van der Waals surface area contributed by atoms with Gasteiger partial charge < -0.3 is 10.0 Å². The van der Waals surface area contributed by atoms with E-state index < -0.39 is 5.97 Å². The summed E-state index contributed by atoms with van der Waals surface area (Å²) < 4.78 is 0. The highest BCUT2D eigenvalue weighted by atomic mass is 16.4. The molecule has 1 saturated heterocycles. The van der Waals surface area contributed by atoms with Crippen LogP contribution in [0.1, 0.15) is 51.9 Å². The van der Waals surface area contributed by atoms with E-state index in [-0.39, 0.29) is 0 Å². The number of hydrogen-bond acceptors (Lipinski definition) is 2. The van der Waals surface area contributed by atoms with Crippen molar-refractivity contribution in [2.45, 2.75) is 51.9 Å². The third-order valence-electron chi connectivity index (χ3n) is 4.23. The van der Waals surface area contributed by atoms with Crippen LogP contribution in [0.2, 0.25) is 0 Å². The Balaban J connectivity index is 2.21. The van der Waals surface area contributed by atoms with Gasteiger partial charge in [-0.15, -0.1) is 6.58 Å². The van der Waals surface area contributed by atoms with E-state index in [0.717, 1.165) is 13.0 Å². The van der Waals surface area contributed by atoms with Gasteiger partial charge in [0.15, 0.2) is 0 Å². The SMILES string of the molecule is C=CCCCCCN1CCCC(C(C)CC(=O)O)C1. The number of likely N-dealkylation sites (tertiary alicyclic amines) is 1. The second kappa shape index (κ2) is 9.13. The predicted molar refractivity (Wildman–Crippen MR) is 79.2 cm³/mol. The molecular formula is C16H29NO2. The van der Waals surface area contributed by atoms with E-state index in [1.807, 2.05) is 6.08 Å². The molecule has 2 atom stereocenters. The third-order valence-corrected chi connectivity index (χ3v) is 4.23. The van der Waals surface area contributed by atoms with Crippen LogP contribution in [-0.2, 0) is 4.79 Å². The van der Waals surface area contributed by atoms with Crippen molar-refractivity contribution in [3.8, 4) is 0 Å². The molecule has 0 radical (unpaired) electrons. The third kappa shape index (κ3) is 6.76. The average molecular weight is 267 g/mol. The molecule has 0 amide bonds. The number of carboxylic acids is 1. The number of carboxylic acid groups (broad SMARTS) is 1. The Morgan fingerprint density at radius 2 is 2.26 bits per heavy atom. The highest BCUT2D eigenvalue weighted by Gasteiger charge is 2.25. The zero-order chi connectivity index (χ0) is 14.1. The van der Waals surface area contributed by atoms with Crippen molar-refractivity contribution in [3.63, 3.8) is 0 Å². The van der Waals surface area contributed by atoms with Crippen LogP contribution in [0.4, 0.5) is 0 Å². The van der Waals surface area contributed by atoms with Crippen LogP contribution in [0.15, 0.2) is 12.7 Å². The number of piperidine rings is 1. The van der Waals surface area contributed by atoms with Crippen molar-refractivity contribution in [2.75, 3.05) is 19.6 Å². The lowest BCUT2D eigenvalue weighted by Gasteiger charge is -2.35. The second-order valence-electron chi connectivity index (χ2n) is 5.92. The lowest BCUT2D eigenvalue weighted by molar-refractivity contribution is -0.138. The molecule has 0 aromatic rings. The van der Waals surface area contributed by atoms with Crippen LogP contribution in [0.3, 0.4) is 0 Å². The molecule has 1 aliphatic rings. The lowest BCUT2D eigenvalue weighted by atomic mass is 9.84. The van der Waals surface area contributed by atoms with E-state index in [9.17, 15) is 4.79 Å². The van der Waals surface area contributed by atoms with Gasteiger partial charge in [-0.1, -0.05) is 19.4 Å². The Kier molecular flexibility index (Phi) is 7.80. The minimum atomic E-state index is -0.658. The molecule has 0 spiro atoms. The topological polar surface area (TPSA) is 40.5 Å². The van der Waals surface area contributed by atoms with Crippen molar-refractivity contribution in [3.05, 3.63) is 12.7 Å². The molecule has 1 aliphatic heterocycles. The first-order valence-electron chi connectivity index (χ1n) is 7.68. The van der Waals surface area contributed by atoms with E-state index >= 15 is 0 Å². The summed E-state index contributed by atoms with van der Waals surface area (Å²) in [4.78, 5) is 13.3. The molecule has 1 fully saturated rings. The quantitative estimate of drug-likeness (QED) is 0.513. The highest BCUT2D eigenvalue weighted by molar-refractivity contribution is 5.66. The van der Waals surface area contributed by atoms with E-state index in [2.05, 4.69) is 18.4 Å². The maximum Gasteiger partial charge on any atom is 0.303 e. The molecule has 0 aromatic heterocycles. The highest BCUT2D eigenvalue weighted by Crippen LogP contribution is 2.26. The number of allylic oxidation sites excluding steroid dienone is 1. The summed E-state index contributed by atoms with van der Waals surface area (Å²) >= 11 is 0. The van der Waals surface area contributed by atoms with Crippen LogP contribution >= 0.6 is 0 Å². The maximum atomic E-state index is 10.8. The number of rotatable bonds is 9. The molecule has 1 N–H and O–H groups in total. The Morgan fingerprint density at radius 3 is 2.95 bits per heavy atom. The van der Waals surface area contributed by atoms with Gasteiger partial charge in [-0.2, -0.15) is 0 Å². The molecule has 3 heteroatoms. The van der Waals surface area contributed by atoms with E-state index in [0.29, 0.717) is 18.3 Å². The molecular weight excluding hydrogens is 238 g/mol. The Bertz CT molecular complexity index is 278. The standard InChI is InChI=1S/C16H29NO2/c1-3-4-5-6-7-10-17-11-8-9-15(13-17)14(2)12-16(18)19/h3,14-15H,1,4-13H2,2H3,(H,18,19). The number of aliphatic carboxylic acids is 1. The fraction of sp³-hybridized carbons (Fsp3) is 0.812. The Morgan fingerprint density at radius 1 is 1.47 bits per heavy atom. The Labute approximate surface area is 117 Å². The molecule has 2 unspecified atom stereocenters. The summed E-state index contributed by atoms with van der Waals surface area (Å²) in [5.74, 6) is 0.216. The summed E-state index contributed by atoms with van der Waals surface area (Å²) in [6.07, 6.45) is 9.63. The van der Waals surface area contributed by atoms with E-state index in [1.54, 1.807) is 0 Å². The molecule has 1 heterocycles. The maximum absolute atomic E-state index is 10.8. The largest absolute Gasteiger partial charge is 0.481 e. The zero-order valence-electron chi connectivity index (χ0n) is 12.3. The first-order chi connectivity index (χ1) is 9.13. The van der Waals surface area contributed by atoms with Gasteiger partial charge in [-0.25, -0.2) is 0 Å². The molecule has 3 nitrogen and oxygen atoms in total. The van der Waals surface area contributed by atoms with Crippen LogP contribution in [0, 0.1) is 11.8 Å². The second-order valence-corrected chi connectivity index (χ2v) is 5.92. The fourth-order valence-electron chi connectivity index (χ4n) is 3.00. The zero-order valence-corrected chi connectivity index (χ0v) is 12.3. The summed E-state index contributed by atoms with van der Waals surface area (Å²) in [6, 6.07) is 0. The van der Waals surface area contributed by atoms with Crippen LogP contribution in [0.5, 0.6) is 0 Å². The first-order valence-corrected chi connectivity index (χ1v) is 7.68. The predicted octanol–water partition coefficient (Wildman–Crippen LogP) is 3.56. The van der Waals surface area contributed by atoms with Crippen LogP contribution in [0.25, 0.3) is 0 Å². The summed E-state index contributed by atoms with van der Waals surface area (Å²) in [5, 5.41) is 8.88. The fourth-order valence-corrected chi connectivity index (χ4v) is 3.00. The molecule has 0 aliphatic carbocycles. The van der Waals surface area contributed by atoms with Crippen molar-refractivity contribution >= 4 is 5.97 Å². The molecule has 0 saturated carbocycles. The van der Waals surface area contributed by atoms with Gasteiger partial charge in [0.1, 0.15) is 0 Å². The number of unbranched alkanes of at least 4 members (excludes halogenated alkanes) is 3. The average Bonchev–Trinajstić information content (AvgIpc) is 2.38.